The van der Waals surface area contributed by atoms with Gasteiger partial charge in [-0.1, -0.05) is 30.0 Å². The summed E-state index contributed by atoms with van der Waals surface area (Å²) < 4.78 is 5.30. The van der Waals surface area contributed by atoms with Gasteiger partial charge in [0.1, 0.15) is 0 Å². The van der Waals surface area contributed by atoms with Gasteiger partial charge in [-0.05, 0) is 26.0 Å². The summed E-state index contributed by atoms with van der Waals surface area (Å²) in [5.41, 5.74) is 0. The van der Waals surface area contributed by atoms with Gasteiger partial charge >= 0.3 is 0 Å². The third-order valence-electron chi connectivity index (χ3n) is 1.48. The van der Waals surface area contributed by atoms with Gasteiger partial charge in [0.15, 0.2) is 0 Å². The zero-order chi connectivity index (χ0) is 9.52. The van der Waals surface area contributed by atoms with Crippen molar-refractivity contribution in [1.29, 1.82) is 0 Å². The third kappa shape index (κ3) is 4.04. The fourth-order valence-electron chi connectivity index (χ4n) is 0.912. The van der Waals surface area contributed by atoms with E-state index < -0.39 is 0 Å². The van der Waals surface area contributed by atoms with Crippen molar-refractivity contribution in [3.05, 3.63) is 41.5 Å². The van der Waals surface area contributed by atoms with E-state index in [0.29, 0.717) is 0 Å². The van der Waals surface area contributed by atoms with E-state index in [0.717, 1.165) is 12.4 Å². The molecule has 0 unspecified atom stereocenters. The number of hydrogen-bond donors (Lipinski definition) is 0. The monoisotopic (exact) mass is 194 g/mol. The number of benzene rings is 1. The molecule has 0 amide bonds. The molecule has 0 bridgehead atoms. The maximum atomic E-state index is 5.30. The second kappa shape index (κ2) is 5.70. The zero-order valence-electron chi connectivity index (χ0n) is 7.99. The molecule has 0 aliphatic carbocycles. The van der Waals surface area contributed by atoms with Crippen LogP contribution < -0.4 is 0 Å². The van der Waals surface area contributed by atoms with Crippen molar-refractivity contribution in [2.24, 2.45) is 0 Å². The molecule has 0 aromatic heterocycles. The molecule has 70 valence electrons. The minimum Gasteiger partial charge on any atom is -0.498 e. The summed E-state index contributed by atoms with van der Waals surface area (Å²) in [7, 11) is 0. The number of rotatable bonds is 4. The van der Waals surface area contributed by atoms with Crippen molar-refractivity contribution >= 4 is 11.8 Å². The molecular formula is C11H14OS. The fraction of sp³-hybridized carbons (Fsp3) is 0.273. The van der Waals surface area contributed by atoms with Crippen LogP contribution in [-0.4, -0.2) is 6.61 Å². The van der Waals surface area contributed by atoms with Crippen LogP contribution in [0.4, 0.5) is 0 Å². The molecule has 0 saturated carbocycles. The predicted octanol–water partition coefficient (Wildman–Crippen LogP) is 3.68. The Morgan fingerprint density at radius 1 is 1.38 bits per heavy atom. The zero-order valence-corrected chi connectivity index (χ0v) is 8.80. The van der Waals surface area contributed by atoms with Gasteiger partial charge in [0.2, 0.25) is 0 Å². The molecule has 0 spiro atoms. The summed E-state index contributed by atoms with van der Waals surface area (Å²) in [5, 5.41) is 2.03. The van der Waals surface area contributed by atoms with Crippen LogP contribution in [0, 0.1) is 0 Å². The minimum absolute atomic E-state index is 0.734. The van der Waals surface area contributed by atoms with Gasteiger partial charge in [-0.15, -0.1) is 0 Å². The Bertz CT molecular complexity index is 267. The number of hydrogen-bond acceptors (Lipinski definition) is 2. The average molecular weight is 194 g/mol. The smallest absolute Gasteiger partial charge is 0.0994 e. The van der Waals surface area contributed by atoms with E-state index in [9.17, 15) is 0 Å². The maximum absolute atomic E-state index is 5.30. The molecular weight excluding hydrogens is 180 g/mol. The third-order valence-corrected chi connectivity index (χ3v) is 2.47. The first-order valence-corrected chi connectivity index (χ1v) is 5.22. The Balaban J connectivity index is 2.47. The van der Waals surface area contributed by atoms with Crippen LogP contribution >= 0.6 is 11.8 Å². The van der Waals surface area contributed by atoms with Gasteiger partial charge in [-0.25, -0.2) is 0 Å². The molecule has 1 aromatic rings. The SMILES string of the molecule is CCO/C(C)=C/Sc1ccccc1. The van der Waals surface area contributed by atoms with E-state index >= 15 is 0 Å². The molecule has 0 aliphatic heterocycles. The first kappa shape index (κ1) is 10.2. The Labute approximate surface area is 83.8 Å². The lowest BCUT2D eigenvalue weighted by Crippen LogP contribution is -1.84. The van der Waals surface area contributed by atoms with E-state index in [1.165, 1.54) is 4.90 Å². The van der Waals surface area contributed by atoms with Crippen molar-refractivity contribution in [1.82, 2.24) is 0 Å². The van der Waals surface area contributed by atoms with Gasteiger partial charge in [0, 0.05) is 10.3 Å². The molecule has 0 atom stereocenters. The van der Waals surface area contributed by atoms with Crippen LogP contribution in [0.5, 0.6) is 0 Å². The van der Waals surface area contributed by atoms with Crippen LogP contribution in [0.25, 0.3) is 0 Å². The van der Waals surface area contributed by atoms with Crippen LogP contribution in [0.1, 0.15) is 13.8 Å². The summed E-state index contributed by atoms with van der Waals surface area (Å²) in [6.07, 6.45) is 0. The van der Waals surface area contributed by atoms with Gasteiger partial charge in [0.25, 0.3) is 0 Å². The van der Waals surface area contributed by atoms with E-state index in [1.54, 1.807) is 11.8 Å². The van der Waals surface area contributed by atoms with Crippen molar-refractivity contribution in [3.8, 4) is 0 Å². The standard InChI is InChI=1S/C11H14OS/c1-3-12-10(2)9-13-11-7-5-4-6-8-11/h4-9H,3H2,1-2H3/b10-9+. The minimum atomic E-state index is 0.734. The lowest BCUT2D eigenvalue weighted by Gasteiger charge is -2.01. The summed E-state index contributed by atoms with van der Waals surface area (Å²) in [5.74, 6) is 0.969. The fourth-order valence-corrected chi connectivity index (χ4v) is 1.60. The Hall–Kier alpha value is -0.890. The van der Waals surface area contributed by atoms with Crippen molar-refractivity contribution in [2.45, 2.75) is 18.7 Å². The highest BCUT2D eigenvalue weighted by Gasteiger charge is 1.90. The molecule has 0 fully saturated rings. The summed E-state index contributed by atoms with van der Waals surface area (Å²) in [6, 6.07) is 10.3. The first-order valence-electron chi connectivity index (χ1n) is 4.34. The van der Waals surface area contributed by atoms with Gasteiger partial charge < -0.3 is 4.74 Å². The van der Waals surface area contributed by atoms with Crippen molar-refractivity contribution < 1.29 is 4.74 Å². The van der Waals surface area contributed by atoms with Crippen LogP contribution in [0.15, 0.2) is 46.4 Å². The van der Waals surface area contributed by atoms with Gasteiger partial charge in [0.05, 0.1) is 12.4 Å². The van der Waals surface area contributed by atoms with Crippen LogP contribution in [-0.2, 0) is 4.74 Å². The van der Waals surface area contributed by atoms with Gasteiger partial charge in [-0.2, -0.15) is 0 Å². The number of thioether (sulfide) groups is 1. The average Bonchev–Trinajstić information content (AvgIpc) is 2.17. The quantitative estimate of drug-likeness (QED) is 0.534. The highest BCUT2D eigenvalue weighted by atomic mass is 32.2. The summed E-state index contributed by atoms with van der Waals surface area (Å²) >= 11 is 1.68. The first-order chi connectivity index (χ1) is 6.33. The van der Waals surface area contributed by atoms with Crippen LogP contribution in [0.2, 0.25) is 0 Å². The topological polar surface area (TPSA) is 9.23 Å². The Morgan fingerprint density at radius 2 is 2.08 bits per heavy atom. The van der Waals surface area contributed by atoms with Gasteiger partial charge in [-0.3, -0.25) is 0 Å². The molecule has 0 N–H and O–H groups in total. The molecule has 0 aliphatic rings. The second-order valence-electron chi connectivity index (χ2n) is 2.59. The molecule has 1 nitrogen and oxygen atoms in total. The lowest BCUT2D eigenvalue weighted by atomic mass is 10.4. The molecule has 1 rings (SSSR count). The highest BCUT2D eigenvalue weighted by molar-refractivity contribution is 8.02. The van der Waals surface area contributed by atoms with Crippen molar-refractivity contribution in [3.63, 3.8) is 0 Å². The molecule has 2 heteroatoms. The summed E-state index contributed by atoms with van der Waals surface area (Å²) in [4.78, 5) is 1.24. The Kier molecular flexibility index (Phi) is 4.47. The summed E-state index contributed by atoms with van der Waals surface area (Å²) in [6.45, 7) is 4.70. The second-order valence-corrected chi connectivity index (χ2v) is 3.54. The van der Waals surface area contributed by atoms with E-state index in [1.807, 2.05) is 37.5 Å². The van der Waals surface area contributed by atoms with E-state index in [-0.39, 0.29) is 0 Å². The van der Waals surface area contributed by atoms with E-state index in [2.05, 4.69) is 12.1 Å². The maximum Gasteiger partial charge on any atom is 0.0994 e. The highest BCUT2D eigenvalue weighted by Crippen LogP contribution is 2.19. The molecule has 0 saturated heterocycles. The molecule has 1 aromatic carbocycles. The molecule has 0 radical (unpaired) electrons. The van der Waals surface area contributed by atoms with Crippen molar-refractivity contribution in [2.75, 3.05) is 6.61 Å². The molecule has 0 heterocycles. The van der Waals surface area contributed by atoms with E-state index in [4.69, 9.17) is 4.74 Å². The Morgan fingerprint density at radius 3 is 2.69 bits per heavy atom. The van der Waals surface area contributed by atoms with Crippen LogP contribution in [0.3, 0.4) is 0 Å². The normalized spacial score (nSPS) is 11.4. The number of allylic oxidation sites excluding steroid dienone is 1. The molecule has 13 heavy (non-hydrogen) atoms. The largest absolute Gasteiger partial charge is 0.498 e. The number of ether oxygens (including phenoxy) is 1. The lowest BCUT2D eigenvalue weighted by molar-refractivity contribution is 0.232. The predicted molar refractivity (Wildman–Crippen MR) is 57.7 cm³/mol.